The van der Waals surface area contributed by atoms with E-state index in [2.05, 4.69) is 20.5 Å². The Morgan fingerprint density at radius 1 is 1.16 bits per heavy atom. The highest BCUT2D eigenvalue weighted by Crippen LogP contribution is 2.17. The van der Waals surface area contributed by atoms with Gasteiger partial charge in [-0.2, -0.15) is 0 Å². The van der Waals surface area contributed by atoms with Crippen molar-refractivity contribution in [2.45, 2.75) is 13.5 Å². The summed E-state index contributed by atoms with van der Waals surface area (Å²) in [6.07, 6.45) is 0. The second-order valence-electron chi connectivity index (χ2n) is 5.73. The van der Waals surface area contributed by atoms with E-state index in [9.17, 15) is 9.59 Å². The van der Waals surface area contributed by atoms with Crippen LogP contribution in [0, 0.1) is 0 Å². The number of carbonyl (C=O) groups is 2. The minimum atomic E-state index is -0.239. The van der Waals surface area contributed by atoms with E-state index in [0.717, 1.165) is 37.9 Å². The fraction of sp³-hybridized carbons (Fsp3) is 0.353. The number of aromatic nitrogens is 1. The van der Waals surface area contributed by atoms with Gasteiger partial charge in [-0.05, 0) is 24.3 Å². The number of hydrogen-bond donors (Lipinski definition) is 2. The van der Waals surface area contributed by atoms with Crippen molar-refractivity contribution in [2.75, 3.05) is 36.9 Å². The maximum atomic E-state index is 12.3. The molecule has 1 fully saturated rings. The summed E-state index contributed by atoms with van der Waals surface area (Å²) in [6.45, 7) is 5.46. The third-order valence-corrected chi connectivity index (χ3v) is 4.54. The van der Waals surface area contributed by atoms with Crippen molar-refractivity contribution in [1.29, 1.82) is 0 Å². The lowest BCUT2D eigenvalue weighted by atomic mass is 10.2. The number of morpholine rings is 1. The van der Waals surface area contributed by atoms with Crippen molar-refractivity contribution in [3.63, 3.8) is 0 Å². The molecule has 0 saturated carbocycles. The number of thiazole rings is 1. The summed E-state index contributed by atoms with van der Waals surface area (Å²) in [4.78, 5) is 30.0. The first-order valence-electron chi connectivity index (χ1n) is 8.03. The molecule has 8 heteroatoms. The van der Waals surface area contributed by atoms with Gasteiger partial charge in [-0.1, -0.05) is 0 Å². The van der Waals surface area contributed by atoms with E-state index in [4.69, 9.17) is 4.74 Å². The average molecular weight is 360 g/mol. The van der Waals surface area contributed by atoms with Crippen LogP contribution in [0.3, 0.4) is 0 Å². The Bertz CT molecular complexity index is 739. The Kier molecular flexibility index (Phi) is 5.75. The molecule has 0 unspecified atom stereocenters. The second kappa shape index (κ2) is 8.19. The van der Waals surface area contributed by atoms with Crippen LogP contribution in [0.4, 0.5) is 11.4 Å². The lowest BCUT2D eigenvalue weighted by Gasteiger charge is -2.25. The molecule has 2 heterocycles. The Hall–Kier alpha value is -2.29. The number of hydrogen-bond acceptors (Lipinski definition) is 6. The van der Waals surface area contributed by atoms with Gasteiger partial charge in [-0.3, -0.25) is 14.5 Å². The maximum Gasteiger partial charge on any atom is 0.275 e. The molecule has 1 aromatic carbocycles. The largest absolute Gasteiger partial charge is 0.379 e. The smallest absolute Gasteiger partial charge is 0.275 e. The number of ether oxygens (including phenoxy) is 1. The molecule has 1 saturated heterocycles. The highest BCUT2D eigenvalue weighted by atomic mass is 32.1. The Morgan fingerprint density at radius 3 is 2.44 bits per heavy atom. The summed E-state index contributed by atoms with van der Waals surface area (Å²) >= 11 is 1.49. The third-order valence-electron chi connectivity index (χ3n) is 3.71. The zero-order chi connectivity index (χ0) is 17.6. The van der Waals surface area contributed by atoms with E-state index in [1.54, 1.807) is 29.6 Å². The SMILES string of the molecule is CC(=O)Nc1ccc(NC(=O)c2csc(CN3CCOCC3)n2)cc1. The number of nitrogens with one attached hydrogen (secondary N) is 2. The molecule has 7 nitrogen and oxygen atoms in total. The van der Waals surface area contributed by atoms with E-state index in [1.807, 2.05) is 0 Å². The Balaban J connectivity index is 1.56. The van der Waals surface area contributed by atoms with Gasteiger partial charge < -0.3 is 15.4 Å². The zero-order valence-electron chi connectivity index (χ0n) is 13.9. The fourth-order valence-corrected chi connectivity index (χ4v) is 3.29. The van der Waals surface area contributed by atoms with Crippen LogP contribution < -0.4 is 10.6 Å². The van der Waals surface area contributed by atoms with Crippen LogP contribution in [-0.2, 0) is 16.1 Å². The van der Waals surface area contributed by atoms with Crippen molar-refractivity contribution < 1.29 is 14.3 Å². The number of rotatable bonds is 5. The molecule has 0 radical (unpaired) electrons. The van der Waals surface area contributed by atoms with Gasteiger partial charge in [0.1, 0.15) is 10.7 Å². The summed E-state index contributed by atoms with van der Waals surface area (Å²) in [6, 6.07) is 6.96. The normalized spacial score (nSPS) is 14.9. The first kappa shape index (κ1) is 17.5. The summed E-state index contributed by atoms with van der Waals surface area (Å²) in [5.41, 5.74) is 1.76. The predicted octanol–water partition coefficient (Wildman–Crippen LogP) is 2.19. The van der Waals surface area contributed by atoms with E-state index in [1.165, 1.54) is 18.3 Å². The highest BCUT2D eigenvalue weighted by molar-refractivity contribution is 7.09. The van der Waals surface area contributed by atoms with Gasteiger partial charge in [0.15, 0.2) is 0 Å². The molecule has 2 N–H and O–H groups in total. The van der Waals surface area contributed by atoms with E-state index >= 15 is 0 Å². The van der Waals surface area contributed by atoms with Gasteiger partial charge in [0.2, 0.25) is 5.91 Å². The van der Waals surface area contributed by atoms with E-state index < -0.39 is 0 Å². The first-order chi connectivity index (χ1) is 12.1. The lowest BCUT2D eigenvalue weighted by Crippen LogP contribution is -2.35. The molecule has 2 amide bonds. The molecule has 0 atom stereocenters. The Morgan fingerprint density at radius 2 is 1.80 bits per heavy atom. The summed E-state index contributed by atoms with van der Waals surface area (Å²) < 4.78 is 5.33. The zero-order valence-corrected chi connectivity index (χ0v) is 14.8. The Labute approximate surface area is 150 Å². The van der Waals surface area contributed by atoms with Crippen LogP contribution in [0.5, 0.6) is 0 Å². The molecule has 2 aromatic rings. The lowest BCUT2D eigenvalue weighted by molar-refractivity contribution is -0.114. The van der Waals surface area contributed by atoms with Crippen molar-refractivity contribution in [2.24, 2.45) is 0 Å². The van der Waals surface area contributed by atoms with E-state index in [-0.39, 0.29) is 11.8 Å². The number of carbonyl (C=O) groups excluding carboxylic acids is 2. The topological polar surface area (TPSA) is 83.6 Å². The van der Waals surface area contributed by atoms with Gasteiger partial charge in [-0.25, -0.2) is 4.98 Å². The van der Waals surface area contributed by atoms with E-state index in [0.29, 0.717) is 17.1 Å². The molecule has 1 aliphatic heterocycles. The van der Waals surface area contributed by atoms with Crippen LogP contribution in [0.15, 0.2) is 29.6 Å². The van der Waals surface area contributed by atoms with Crippen molar-refractivity contribution >= 4 is 34.5 Å². The molecule has 0 spiro atoms. The highest BCUT2D eigenvalue weighted by Gasteiger charge is 2.15. The number of nitrogens with zero attached hydrogens (tertiary/aromatic N) is 2. The molecule has 1 aromatic heterocycles. The van der Waals surface area contributed by atoms with Crippen molar-refractivity contribution in [3.8, 4) is 0 Å². The molecular weight excluding hydrogens is 340 g/mol. The summed E-state index contributed by atoms with van der Waals surface area (Å²) in [5.74, 6) is -0.371. The van der Waals surface area contributed by atoms with Crippen LogP contribution in [0.1, 0.15) is 22.4 Å². The van der Waals surface area contributed by atoms with Gasteiger partial charge >= 0.3 is 0 Å². The van der Waals surface area contributed by atoms with Crippen molar-refractivity contribution in [3.05, 3.63) is 40.3 Å². The minimum absolute atomic E-state index is 0.132. The molecule has 25 heavy (non-hydrogen) atoms. The maximum absolute atomic E-state index is 12.3. The van der Waals surface area contributed by atoms with Crippen molar-refractivity contribution in [1.82, 2.24) is 9.88 Å². The van der Waals surface area contributed by atoms with Gasteiger partial charge in [0, 0.05) is 36.8 Å². The average Bonchev–Trinajstić information content (AvgIpc) is 3.06. The molecule has 0 bridgehead atoms. The standard InChI is InChI=1S/C17H20N4O3S/c1-12(22)18-13-2-4-14(5-3-13)19-17(23)15-11-25-16(20-15)10-21-6-8-24-9-7-21/h2-5,11H,6-10H2,1H3,(H,18,22)(H,19,23). The third kappa shape index (κ3) is 5.09. The summed E-state index contributed by atoms with van der Waals surface area (Å²) in [7, 11) is 0. The minimum Gasteiger partial charge on any atom is -0.379 e. The van der Waals surface area contributed by atoms with Crippen LogP contribution in [0.25, 0.3) is 0 Å². The molecule has 0 aliphatic carbocycles. The fourth-order valence-electron chi connectivity index (χ4n) is 2.47. The van der Waals surface area contributed by atoms with Gasteiger partial charge in [-0.15, -0.1) is 11.3 Å². The van der Waals surface area contributed by atoms with Crippen LogP contribution in [0.2, 0.25) is 0 Å². The monoisotopic (exact) mass is 360 g/mol. The van der Waals surface area contributed by atoms with Gasteiger partial charge in [0.25, 0.3) is 5.91 Å². The second-order valence-corrected chi connectivity index (χ2v) is 6.67. The van der Waals surface area contributed by atoms with Crippen LogP contribution >= 0.6 is 11.3 Å². The molecule has 132 valence electrons. The molecular formula is C17H20N4O3S. The predicted molar refractivity (Wildman–Crippen MR) is 96.9 cm³/mol. The van der Waals surface area contributed by atoms with Crippen LogP contribution in [-0.4, -0.2) is 48.0 Å². The molecule has 1 aliphatic rings. The summed E-state index contributed by atoms with van der Waals surface area (Å²) in [5, 5.41) is 8.20. The number of anilines is 2. The quantitative estimate of drug-likeness (QED) is 0.854. The first-order valence-corrected chi connectivity index (χ1v) is 8.91. The number of benzene rings is 1. The number of amides is 2. The van der Waals surface area contributed by atoms with Gasteiger partial charge in [0.05, 0.1) is 19.8 Å². The molecule has 3 rings (SSSR count).